The van der Waals surface area contributed by atoms with Crippen LogP contribution in [0, 0.1) is 0 Å². The maximum absolute atomic E-state index is 11.8. The lowest BCUT2D eigenvalue weighted by Crippen LogP contribution is -2.55. The van der Waals surface area contributed by atoms with Crippen LogP contribution in [0.25, 0.3) is 0 Å². The number of carboxylic acid groups (broad SMARTS) is 1. The van der Waals surface area contributed by atoms with Gasteiger partial charge in [0.2, 0.25) is 5.91 Å². The molecule has 2 N–H and O–H groups in total. The summed E-state index contributed by atoms with van der Waals surface area (Å²) in [6.07, 6.45) is 1.05. The van der Waals surface area contributed by atoms with Crippen LogP contribution in [0.2, 0.25) is 0 Å². The second kappa shape index (κ2) is 7.08. The van der Waals surface area contributed by atoms with Crippen molar-refractivity contribution in [3.05, 3.63) is 30.3 Å². The third-order valence-corrected chi connectivity index (χ3v) is 3.37. The van der Waals surface area contributed by atoms with Crippen molar-refractivity contribution in [2.45, 2.75) is 24.8 Å². The number of carbonyl (C=O) groups is 2. The lowest BCUT2D eigenvalue weighted by atomic mass is 9.99. The van der Waals surface area contributed by atoms with Crippen molar-refractivity contribution in [2.24, 2.45) is 0 Å². The van der Waals surface area contributed by atoms with Crippen LogP contribution < -0.4 is 10.1 Å². The van der Waals surface area contributed by atoms with Gasteiger partial charge in [0.15, 0.2) is 5.54 Å². The van der Waals surface area contributed by atoms with E-state index in [1.165, 1.54) is 0 Å². The van der Waals surface area contributed by atoms with E-state index < -0.39 is 11.5 Å². The summed E-state index contributed by atoms with van der Waals surface area (Å²) in [7, 11) is 0. The minimum Gasteiger partial charge on any atom is -0.494 e. The average molecular weight is 293 g/mol. The molecule has 1 atom stereocenters. The number of aliphatic carboxylic acids is 1. The number of carboxylic acids is 1. The Bertz CT molecular complexity index is 482. The van der Waals surface area contributed by atoms with Gasteiger partial charge in [-0.1, -0.05) is 18.2 Å². The first-order valence-electron chi connectivity index (χ1n) is 6.92. The smallest absolute Gasteiger partial charge is 0.331 e. The van der Waals surface area contributed by atoms with Crippen LogP contribution in [-0.4, -0.2) is 42.3 Å². The fourth-order valence-electron chi connectivity index (χ4n) is 2.15. The maximum Gasteiger partial charge on any atom is 0.331 e. The van der Waals surface area contributed by atoms with Gasteiger partial charge in [-0.3, -0.25) is 4.79 Å². The molecule has 1 fully saturated rings. The molecular formula is C15H19NO5. The van der Waals surface area contributed by atoms with Crippen molar-refractivity contribution >= 4 is 11.9 Å². The zero-order valence-electron chi connectivity index (χ0n) is 11.7. The highest BCUT2D eigenvalue weighted by Crippen LogP contribution is 2.19. The molecule has 1 aliphatic heterocycles. The van der Waals surface area contributed by atoms with Crippen LogP contribution in [-0.2, 0) is 14.3 Å². The molecule has 1 heterocycles. The number of para-hydroxylation sites is 1. The Morgan fingerprint density at radius 3 is 2.71 bits per heavy atom. The van der Waals surface area contributed by atoms with Gasteiger partial charge < -0.3 is 19.9 Å². The Hall–Kier alpha value is -2.08. The van der Waals surface area contributed by atoms with E-state index in [-0.39, 0.29) is 18.9 Å². The normalized spacial score (nSPS) is 21.0. The number of carbonyl (C=O) groups excluding carboxylic acids is 1. The Balaban J connectivity index is 1.71. The number of nitrogens with one attached hydrogen (secondary N) is 1. The Kier molecular flexibility index (Phi) is 5.16. The van der Waals surface area contributed by atoms with Gasteiger partial charge in [-0.25, -0.2) is 4.79 Å². The highest BCUT2D eigenvalue weighted by atomic mass is 16.5. The monoisotopic (exact) mass is 293 g/mol. The summed E-state index contributed by atoms with van der Waals surface area (Å²) in [4.78, 5) is 23.1. The predicted octanol–water partition coefficient (Wildman–Crippen LogP) is 1.21. The van der Waals surface area contributed by atoms with E-state index in [1.54, 1.807) is 0 Å². The van der Waals surface area contributed by atoms with Gasteiger partial charge in [0.25, 0.3) is 0 Å². The highest BCUT2D eigenvalue weighted by molar-refractivity contribution is 5.87. The van der Waals surface area contributed by atoms with E-state index >= 15 is 0 Å². The maximum atomic E-state index is 11.8. The second-order valence-corrected chi connectivity index (χ2v) is 5.00. The summed E-state index contributed by atoms with van der Waals surface area (Å²) in [5.74, 6) is -0.586. The third-order valence-electron chi connectivity index (χ3n) is 3.37. The number of ether oxygens (including phenoxy) is 2. The summed E-state index contributed by atoms with van der Waals surface area (Å²) < 4.78 is 10.6. The molecule has 0 bridgehead atoms. The first-order valence-corrected chi connectivity index (χ1v) is 6.92. The molecule has 1 unspecified atom stereocenters. The molecule has 1 aromatic rings. The molecule has 21 heavy (non-hydrogen) atoms. The van der Waals surface area contributed by atoms with Crippen LogP contribution in [0.5, 0.6) is 5.75 Å². The molecular weight excluding hydrogens is 274 g/mol. The fourth-order valence-corrected chi connectivity index (χ4v) is 2.15. The highest BCUT2D eigenvalue weighted by Gasteiger charge is 2.43. The van der Waals surface area contributed by atoms with Crippen LogP contribution in [0.1, 0.15) is 19.3 Å². The first-order chi connectivity index (χ1) is 10.1. The standard InChI is InChI=1S/C15H19NO5/c17-13(16-15(14(18)19)8-10-20-11-15)7-4-9-21-12-5-2-1-3-6-12/h1-3,5-6H,4,7-11H2,(H,16,17)(H,18,19). The van der Waals surface area contributed by atoms with Crippen LogP contribution in [0.3, 0.4) is 0 Å². The minimum atomic E-state index is -1.27. The van der Waals surface area contributed by atoms with E-state index in [1.807, 2.05) is 30.3 Å². The lowest BCUT2D eigenvalue weighted by Gasteiger charge is -2.23. The molecule has 0 radical (unpaired) electrons. The van der Waals surface area contributed by atoms with Gasteiger partial charge in [0.05, 0.1) is 13.2 Å². The van der Waals surface area contributed by atoms with Crippen LogP contribution in [0.4, 0.5) is 0 Å². The van der Waals surface area contributed by atoms with E-state index in [4.69, 9.17) is 9.47 Å². The van der Waals surface area contributed by atoms with Crippen molar-refractivity contribution in [1.82, 2.24) is 5.32 Å². The third kappa shape index (κ3) is 4.19. The number of amides is 1. The number of benzene rings is 1. The summed E-state index contributed by atoms with van der Waals surface area (Å²) in [5.41, 5.74) is -1.27. The number of rotatable bonds is 7. The quantitative estimate of drug-likeness (QED) is 0.738. The lowest BCUT2D eigenvalue weighted by molar-refractivity contribution is -0.147. The van der Waals surface area contributed by atoms with Gasteiger partial charge in [-0.05, 0) is 18.6 Å². The van der Waals surface area contributed by atoms with Crippen molar-refractivity contribution in [2.75, 3.05) is 19.8 Å². The summed E-state index contributed by atoms with van der Waals surface area (Å²) in [6.45, 7) is 0.784. The molecule has 1 aliphatic rings. The molecule has 0 aromatic heterocycles. The zero-order valence-corrected chi connectivity index (χ0v) is 11.7. The molecule has 114 valence electrons. The predicted molar refractivity (Wildman–Crippen MR) is 75.1 cm³/mol. The molecule has 0 spiro atoms. The van der Waals surface area contributed by atoms with Crippen LogP contribution >= 0.6 is 0 Å². The number of hydrogen-bond acceptors (Lipinski definition) is 4. The van der Waals surface area contributed by atoms with Crippen molar-refractivity contribution < 1.29 is 24.2 Å². The number of hydrogen-bond donors (Lipinski definition) is 2. The Morgan fingerprint density at radius 1 is 1.33 bits per heavy atom. The molecule has 2 rings (SSSR count). The van der Waals surface area contributed by atoms with Gasteiger partial charge in [-0.2, -0.15) is 0 Å². The van der Waals surface area contributed by atoms with E-state index in [0.717, 1.165) is 5.75 Å². The first kappa shape index (κ1) is 15.3. The largest absolute Gasteiger partial charge is 0.494 e. The molecule has 1 amide bonds. The molecule has 1 saturated heterocycles. The van der Waals surface area contributed by atoms with E-state index in [2.05, 4.69) is 5.32 Å². The molecule has 6 heteroatoms. The zero-order chi connectivity index (χ0) is 15.1. The summed E-state index contributed by atoms with van der Waals surface area (Å²) in [5, 5.41) is 11.8. The van der Waals surface area contributed by atoms with E-state index in [9.17, 15) is 14.7 Å². The topological polar surface area (TPSA) is 84.9 Å². The van der Waals surface area contributed by atoms with Gasteiger partial charge >= 0.3 is 5.97 Å². The summed E-state index contributed by atoms with van der Waals surface area (Å²) >= 11 is 0. The van der Waals surface area contributed by atoms with Crippen LogP contribution in [0.15, 0.2) is 30.3 Å². The summed E-state index contributed by atoms with van der Waals surface area (Å²) in [6, 6.07) is 9.33. The fraction of sp³-hybridized carbons (Fsp3) is 0.467. The van der Waals surface area contributed by atoms with Gasteiger partial charge in [0, 0.05) is 19.4 Å². The average Bonchev–Trinajstić information content (AvgIpc) is 2.94. The molecule has 1 aromatic carbocycles. The van der Waals surface area contributed by atoms with E-state index in [0.29, 0.717) is 26.1 Å². The van der Waals surface area contributed by atoms with Crippen molar-refractivity contribution in [3.63, 3.8) is 0 Å². The minimum absolute atomic E-state index is 0.0224. The Labute approximate surface area is 123 Å². The molecule has 0 saturated carbocycles. The van der Waals surface area contributed by atoms with Crippen molar-refractivity contribution in [1.29, 1.82) is 0 Å². The van der Waals surface area contributed by atoms with Gasteiger partial charge in [-0.15, -0.1) is 0 Å². The second-order valence-electron chi connectivity index (χ2n) is 5.00. The van der Waals surface area contributed by atoms with Gasteiger partial charge in [0.1, 0.15) is 5.75 Å². The van der Waals surface area contributed by atoms with Crippen molar-refractivity contribution in [3.8, 4) is 5.75 Å². The molecule has 0 aliphatic carbocycles. The Morgan fingerprint density at radius 2 is 2.10 bits per heavy atom. The SMILES string of the molecule is O=C(CCCOc1ccccc1)NC1(C(=O)O)CCOC1. The molecule has 6 nitrogen and oxygen atoms in total.